The average Bonchev–Trinajstić information content (AvgIpc) is 2.36. The van der Waals surface area contributed by atoms with Crippen LogP contribution in [-0.2, 0) is 0 Å². The van der Waals surface area contributed by atoms with Crippen molar-refractivity contribution in [2.24, 2.45) is 0 Å². The Morgan fingerprint density at radius 3 is 3.00 bits per heavy atom. The molecule has 0 spiro atoms. The second-order valence-corrected chi connectivity index (χ2v) is 3.12. The largest absolute Gasteiger partial charge is 0.338 e. The minimum atomic E-state index is -0.179. The van der Waals surface area contributed by atoms with Gasteiger partial charge in [-0.2, -0.15) is 4.37 Å². The van der Waals surface area contributed by atoms with E-state index in [9.17, 15) is 4.79 Å². The standard InChI is InChI=1S/C7H11N3OS/c1-3-8-7(11)9-6-4-5(2)10-12-6/h4H,3H2,1-2H3,(H2,8,9,11). The van der Waals surface area contributed by atoms with Crippen molar-refractivity contribution in [1.82, 2.24) is 9.69 Å². The van der Waals surface area contributed by atoms with Crippen molar-refractivity contribution in [1.29, 1.82) is 0 Å². The van der Waals surface area contributed by atoms with Gasteiger partial charge in [-0.05, 0) is 31.4 Å². The van der Waals surface area contributed by atoms with Crippen LogP contribution in [0.3, 0.4) is 0 Å². The van der Waals surface area contributed by atoms with E-state index < -0.39 is 0 Å². The van der Waals surface area contributed by atoms with Gasteiger partial charge in [0.05, 0.1) is 5.69 Å². The van der Waals surface area contributed by atoms with Crippen molar-refractivity contribution in [3.8, 4) is 0 Å². The van der Waals surface area contributed by atoms with Crippen molar-refractivity contribution in [3.05, 3.63) is 11.8 Å². The zero-order valence-electron chi connectivity index (χ0n) is 7.05. The summed E-state index contributed by atoms with van der Waals surface area (Å²) in [4.78, 5) is 11.0. The van der Waals surface area contributed by atoms with E-state index in [1.165, 1.54) is 11.5 Å². The van der Waals surface area contributed by atoms with Crippen molar-refractivity contribution < 1.29 is 4.79 Å². The molecule has 0 unspecified atom stereocenters. The number of amides is 2. The molecule has 0 radical (unpaired) electrons. The zero-order valence-corrected chi connectivity index (χ0v) is 7.86. The summed E-state index contributed by atoms with van der Waals surface area (Å²) in [7, 11) is 0. The summed E-state index contributed by atoms with van der Waals surface area (Å²) in [6.07, 6.45) is 0. The number of anilines is 1. The summed E-state index contributed by atoms with van der Waals surface area (Å²) in [5.74, 6) is 0. The zero-order chi connectivity index (χ0) is 8.97. The molecule has 1 aromatic rings. The van der Waals surface area contributed by atoms with Crippen LogP contribution >= 0.6 is 11.5 Å². The highest BCUT2D eigenvalue weighted by molar-refractivity contribution is 7.10. The van der Waals surface area contributed by atoms with E-state index in [1.54, 1.807) is 0 Å². The lowest BCUT2D eigenvalue weighted by molar-refractivity contribution is 0.252. The SMILES string of the molecule is CCNC(=O)Nc1cc(C)ns1. The smallest absolute Gasteiger partial charge is 0.319 e. The second kappa shape index (κ2) is 4.06. The van der Waals surface area contributed by atoms with Crippen LogP contribution in [0.2, 0.25) is 0 Å². The van der Waals surface area contributed by atoms with Gasteiger partial charge in [-0.1, -0.05) is 0 Å². The van der Waals surface area contributed by atoms with E-state index in [0.29, 0.717) is 6.54 Å². The fraction of sp³-hybridized carbons (Fsp3) is 0.429. The number of rotatable bonds is 2. The highest BCUT2D eigenvalue weighted by Gasteiger charge is 2.01. The molecule has 0 bridgehead atoms. The van der Waals surface area contributed by atoms with Crippen LogP contribution < -0.4 is 10.6 Å². The molecule has 5 heteroatoms. The van der Waals surface area contributed by atoms with Gasteiger partial charge in [0.1, 0.15) is 5.00 Å². The molecule has 0 aliphatic rings. The molecule has 4 nitrogen and oxygen atoms in total. The van der Waals surface area contributed by atoms with Crippen LogP contribution in [0, 0.1) is 6.92 Å². The topological polar surface area (TPSA) is 54.0 Å². The maximum atomic E-state index is 11.0. The predicted octanol–water partition coefficient (Wildman–Crippen LogP) is 1.59. The van der Waals surface area contributed by atoms with Gasteiger partial charge in [0, 0.05) is 6.54 Å². The van der Waals surface area contributed by atoms with Gasteiger partial charge in [0.25, 0.3) is 0 Å². The van der Waals surface area contributed by atoms with Crippen LogP contribution in [-0.4, -0.2) is 16.9 Å². The van der Waals surface area contributed by atoms with Crippen LogP contribution in [0.5, 0.6) is 0 Å². The molecule has 12 heavy (non-hydrogen) atoms. The summed E-state index contributed by atoms with van der Waals surface area (Å²) >= 11 is 1.28. The number of nitrogens with zero attached hydrogens (tertiary/aromatic N) is 1. The van der Waals surface area contributed by atoms with Gasteiger partial charge < -0.3 is 5.32 Å². The summed E-state index contributed by atoms with van der Waals surface area (Å²) < 4.78 is 4.03. The average molecular weight is 185 g/mol. The fourth-order valence-electron chi connectivity index (χ4n) is 0.739. The van der Waals surface area contributed by atoms with Gasteiger partial charge in [0.15, 0.2) is 0 Å². The van der Waals surface area contributed by atoms with Crippen molar-refractivity contribution in [2.75, 3.05) is 11.9 Å². The molecule has 0 aromatic carbocycles. The van der Waals surface area contributed by atoms with Crippen molar-refractivity contribution in [3.63, 3.8) is 0 Å². The molecule has 0 saturated carbocycles. The molecule has 0 aliphatic carbocycles. The first kappa shape index (κ1) is 8.99. The number of aryl methyl sites for hydroxylation is 1. The molecule has 2 N–H and O–H groups in total. The molecular formula is C7H11N3OS. The molecule has 1 aromatic heterocycles. The van der Waals surface area contributed by atoms with Gasteiger partial charge in [0.2, 0.25) is 0 Å². The van der Waals surface area contributed by atoms with Gasteiger partial charge in [-0.3, -0.25) is 5.32 Å². The summed E-state index contributed by atoms with van der Waals surface area (Å²) in [5.41, 5.74) is 0.923. The lowest BCUT2D eigenvalue weighted by atomic mass is 10.5. The molecule has 0 saturated heterocycles. The molecular weight excluding hydrogens is 174 g/mol. The number of hydrogen-bond donors (Lipinski definition) is 2. The normalized spacial score (nSPS) is 9.50. The van der Waals surface area contributed by atoms with E-state index in [-0.39, 0.29) is 6.03 Å². The number of aromatic nitrogens is 1. The molecule has 0 aliphatic heterocycles. The highest BCUT2D eigenvalue weighted by atomic mass is 32.1. The lowest BCUT2D eigenvalue weighted by Crippen LogP contribution is -2.27. The van der Waals surface area contributed by atoms with E-state index in [1.807, 2.05) is 19.9 Å². The Labute approximate surface area is 75.2 Å². The number of hydrogen-bond acceptors (Lipinski definition) is 3. The summed E-state index contributed by atoms with van der Waals surface area (Å²) in [6, 6.07) is 1.65. The Morgan fingerprint density at radius 1 is 1.75 bits per heavy atom. The number of nitrogens with one attached hydrogen (secondary N) is 2. The first-order valence-electron chi connectivity index (χ1n) is 3.70. The van der Waals surface area contributed by atoms with E-state index >= 15 is 0 Å². The van der Waals surface area contributed by atoms with Gasteiger partial charge in [-0.15, -0.1) is 0 Å². The summed E-state index contributed by atoms with van der Waals surface area (Å²) in [5, 5.41) is 6.08. The first-order valence-corrected chi connectivity index (χ1v) is 4.48. The quantitative estimate of drug-likeness (QED) is 0.735. The van der Waals surface area contributed by atoms with Gasteiger partial charge in [-0.25, -0.2) is 4.79 Å². The van der Waals surface area contributed by atoms with E-state index in [2.05, 4.69) is 15.0 Å². The van der Waals surface area contributed by atoms with Crippen LogP contribution in [0.4, 0.5) is 9.80 Å². The Bertz CT molecular complexity index is 271. The van der Waals surface area contributed by atoms with E-state index in [0.717, 1.165) is 10.7 Å². The number of carbonyl (C=O) groups is 1. The predicted molar refractivity (Wildman–Crippen MR) is 49.5 cm³/mol. The Morgan fingerprint density at radius 2 is 2.50 bits per heavy atom. The van der Waals surface area contributed by atoms with Crippen LogP contribution in [0.1, 0.15) is 12.6 Å². The lowest BCUT2D eigenvalue weighted by Gasteiger charge is -2.00. The third-order valence-corrected chi connectivity index (χ3v) is 2.00. The summed E-state index contributed by atoms with van der Waals surface area (Å²) in [6.45, 7) is 4.39. The van der Waals surface area contributed by atoms with Crippen LogP contribution in [0.25, 0.3) is 0 Å². The fourth-order valence-corrected chi connectivity index (χ4v) is 1.40. The second-order valence-electron chi connectivity index (χ2n) is 2.32. The number of urea groups is 1. The number of carbonyl (C=O) groups excluding carboxylic acids is 1. The molecule has 0 fully saturated rings. The molecule has 66 valence electrons. The maximum absolute atomic E-state index is 11.0. The van der Waals surface area contributed by atoms with E-state index in [4.69, 9.17) is 0 Å². The monoisotopic (exact) mass is 185 g/mol. The third-order valence-electron chi connectivity index (χ3n) is 1.20. The van der Waals surface area contributed by atoms with Crippen LogP contribution in [0.15, 0.2) is 6.07 Å². The third kappa shape index (κ3) is 2.50. The van der Waals surface area contributed by atoms with Gasteiger partial charge >= 0.3 is 6.03 Å². The Hall–Kier alpha value is -1.10. The highest BCUT2D eigenvalue weighted by Crippen LogP contribution is 2.14. The molecule has 1 heterocycles. The molecule has 2 amide bonds. The molecule has 0 atom stereocenters. The minimum absolute atomic E-state index is 0.179. The minimum Gasteiger partial charge on any atom is -0.338 e. The molecule has 1 rings (SSSR count). The Kier molecular flexibility index (Phi) is 3.04. The van der Waals surface area contributed by atoms with Crippen molar-refractivity contribution in [2.45, 2.75) is 13.8 Å². The Balaban J connectivity index is 2.46. The maximum Gasteiger partial charge on any atom is 0.319 e. The first-order chi connectivity index (χ1) is 5.72. The van der Waals surface area contributed by atoms with Crippen molar-refractivity contribution >= 4 is 22.6 Å².